The second-order valence-electron chi connectivity index (χ2n) is 2.65. The van der Waals surface area contributed by atoms with Crippen molar-refractivity contribution < 1.29 is 13.5 Å². The van der Waals surface area contributed by atoms with E-state index in [1.807, 2.05) is 0 Å². The first-order valence-corrected chi connectivity index (χ1v) is 3.84. The molecule has 0 aliphatic rings. The van der Waals surface area contributed by atoms with Gasteiger partial charge in [0.1, 0.15) is 11.6 Å². The summed E-state index contributed by atoms with van der Waals surface area (Å²) in [5, 5.41) is 8.67. The molecule has 1 aromatic rings. The Morgan fingerprint density at radius 1 is 1.57 bits per heavy atom. The summed E-state index contributed by atoms with van der Waals surface area (Å²) in [7, 11) is 1.29. The monoisotopic (exact) mass is 198 g/mol. The Morgan fingerprint density at radius 3 is 2.64 bits per heavy atom. The number of halogens is 2. The Hall–Kier alpha value is -1.70. The van der Waals surface area contributed by atoms with E-state index in [-0.39, 0.29) is 17.0 Å². The fourth-order valence-electron chi connectivity index (χ4n) is 1.10. The van der Waals surface area contributed by atoms with Gasteiger partial charge in [0.2, 0.25) is 5.88 Å². The average Bonchev–Trinajstić information content (AvgIpc) is 2.16. The third kappa shape index (κ3) is 1.79. The van der Waals surface area contributed by atoms with Gasteiger partial charge >= 0.3 is 0 Å². The molecule has 0 saturated heterocycles. The maximum absolute atomic E-state index is 12.5. The summed E-state index contributed by atoms with van der Waals surface area (Å²) in [5.74, 6) is -0.0530. The number of pyridine rings is 1. The highest BCUT2D eigenvalue weighted by atomic mass is 19.3. The quantitative estimate of drug-likeness (QED) is 0.731. The zero-order valence-corrected chi connectivity index (χ0v) is 7.71. The zero-order chi connectivity index (χ0) is 10.7. The normalized spacial score (nSPS) is 10.0. The number of rotatable bonds is 2. The van der Waals surface area contributed by atoms with Gasteiger partial charge in [0.15, 0.2) is 0 Å². The van der Waals surface area contributed by atoms with Crippen LogP contribution in [0.1, 0.15) is 23.2 Å². The van der Waals surface area contributed by atoms with Gasteiger partial charge in [-0.1, -0.05) is 0 Å². The molecule has 0 aliphatic carbocycles. The molecule has 0 fully saturated rings. The van der Waals surface area contributed by atoms with Crippen molar-refractivity contribution in [3.63, 3.8) is 0 Å². The van der Waals surface area contributed by atoms with Crippen molar-refractivity contribution in [3.05, 3.63) is 22.9 Å². The summed E-state index contributed by atoms with van der Waals surface area (Å²) in [4.78, 5) is 3.83. The first-order valence-electron chi connectivity index (χ1n) is 3.84. The maximum Gasteiger partial charge on any atom is 0.265 e. The number of aromatic nitrogens is 1. The van der Waals surface area contributed by atoms with E-state index < -0.39 is 6.43 Å². The summed E-state index contributed by atoms with van der Waals surface area (Å²) in [6.07, 6.45) is -2.69. The minimum atomic E-state index is -2.69. The van der Waals surface area contributed by atoms with Crippen LogP contribution in [0.2, 0.25) is 0 Å². The van der Waals surface area contributed by atoms with Gasteiger partial charge in [-0.2, -0.15) is 5.26 Å². The van der Waals surface area contributed by atoms with Crippen molar-refractivity contribution in [2.24, 2.45) is 0 Å². The molecule has 1 aromatic heterocycles. The predicted octanol–water partition coefficient (Wildman–Crippen LogP) is 2.21. The molecule has 3 nitrogen and oxygen atoms in total. The molecule has 0 atom stereocenters. The Balaban J connectivity index is 3.41. The van der Waals surface area contributed by atoms with Crippen molar-refractivity contribution in [1.29, 1.82) is 5.26 Å². The van der Waals surface area contributed by atoms with E-state index in [9.17, 15) is 8.78 Å². The molecule has 0 amide bonds. The number of hydrogen-bond donors (Lipinski definition) is 0. The predicted molar refractivity (Wildman–Crippen MR) is 45.2 cm³/mol. The van der Waals surface area contributed by atoms with Crippen molar-refractivity contribution in [3.8, 4) is 11.9 Å². The lowest BCUT2D eigenvalue weighted by Gasteiger charge is -2.07. The Labute approximate surface area is 79.9 Å². The maximum atomic E-state index is 12.5. The van der Waals surface area contributed by atoms with E-state index in [0.29, 0.717) is 5.69 Å². The number of aryl methyl sites for hydroxylation is 1. The van der Waals surface area contributed by atoms with Crippen molar-refractivity contribution >= 4 is 0 Å². The van der Waals surface area contributed by atoms with Crippen molar-refractivity contribution in [2.75, 3.05) is 7.11 Å². The van der Waals surface area contributed by atoms with Crippen LogP contribution in [0.15, 0.2) is 6.07 Å². The number of ether oxygens (including phenoxy) is 1. The molecule has 0 unspecified atom stereocenters. The van der Waals surface area contributed by atoms with Crippen LogP contribution in [0.4, 0.5) is 8.78 Å². The fourth-order valence-corrected chi connectivity index (χ4v) is 1.10. The van der Waals surface area contributed by atoms with Crippen LogP contribution in [-0.2, 0) is 0 Å². The van der Waals surface area contributed by atoms with Gasteiger partial charge < -0.3 is 4.74 Å². The fraction of sp³-hybridized carbons (Fsp3) is 0.333. The lowest BCUT2D eigenvalue weighted by Crippen LogP contribution is -2.00. The number of hydrogen-bond acceptors (Lipinski definition) is 3. The van der Waals surface area contributed by atoms with Crippen LogP contribution in [0.25, 0.3) is 0 Å². The number of nitriles is 1. The third-order valence-corrected chi connectivity index (χ3v) is 1.69. The lowest BCUT2D eigenvalue weighted by molar-refractivity contribution is 0.150. The van der Waals surface area contributed by atoms with Crippen LogP contribution < -0.4 is 4.74 Å². The minimum absolute atomic E-state index is 0.0530. The largest absolute Gasteiger partial charge is 0.480 e. The molecular weight excluding hydrogens is 190 g/mol. The molecule has 1 rings (SSSR count). The first kappa shape index (κ1) is 10.4. The van der Waals surface area contributed by atoms with Crippen molar-refractivity contribution in [2.45, 2.75) is 13.3 Å². The SMILES string of the molecule is COc1nc(C)cc(C(F)F)c1C#N. The van der Waals surface area contributed by atoms with Crippen molar-refractivity contribution in [1.82, 2.24) is 4.98 Å². The van der Waals surface area contributed by atoms with Crippen LogP contribution >= 0.6 is 0 Å². The Morgan fingerprint density at radius 2 is 2.21 bits per heavy atom. The molecule has 0 saturated carbocycles. The highest BCUT2D eigenvalue weighted by Crippen LogP contribution is 2.28. The lowest BCUT2D eigenvalue weighted by atomic mass is 10.1. The standard InChI is InChI=1S/C9H8F2N2O/c1-5-3-6(8(10)11)7(4-12)9(13-5)14-2/h3,8H,1-2H3. The topological polar surface area (TPSA) is 45.9 Å². The van der Waals surface area contributed by atoms with Crippen LogP contribution in [-0.4, -0.2) is 12.1 Å². The molecular formula is C9H8F2N2O. The summed E-state index contributed by atoms with van der Waals surface area (Å²) < 4.78 is 29.7. The molecule has 0 radical (unpaired) electrons. The minimum Gasteiger partial charge on any atom is -0.480 e. The molecule has 0 bridgehead atoms. The smallest absolute Gasteiger partial charge is 0.265 e. The van der Waals surface area contributed by atoms with Gasteiger partial charge in [0.25, 0.3) is 6.43 Å². The molecule has 0 spiro atoms. The van der Waals surface area contributed by atoms with Gasteiger partial charge in [0, 0.05) is 11.3 Å². The molecule has 1 heterocycles. The average molecular weight is 198 g/mol. The van der Waals surface area contributed by atoms with Gasteiger partial charge in [-0.15, -0.1) is 0 Å². The number of methoxy groups -OCH3 is 1. The Kier molecular flexibility index (Phi) is 2.97. The van der Waals surface area contributed by atoms with E-state index in [1.165, 1.54) is 13.2 Å². The first-order chi connectivity index (χ1) is 6.60. The van der Waals surface area contributed by atoms with Gasteiger partial charge in [-0.25, -0.2) is 13.8 Å². The number of nitrogens with zero attached hydrogens (tertiary/aromatic N) is 2. The van der Waals surface area contributed by atoms with Crippen LogP contribution in [0.5, 0.6) is 5.88 Å². The summed E-state index contributed by atoms with van der Waals surface area (Å²) in [6.45, 7) is 1.57. The second-order valence-corrected chi connectivity index (χ2v) is 2.65. The molecule has 74 valence electrons. The molecule has 0 aliphatic heterocycles. The molecule has 5 heteroatoms. The van der Waals surface area contributed by atoms with E-state index >= 15 is 0 Å². The van der Waals surface area contributed by atoms with E-state index in [0.717, 1.165) is 0 Å². The zero-order valence-electron chi connectivity index (χ0n) is 7.71. The van der Waals surface area contributed by atoms with E-state index in [1.54, 1.807) is 13.0 Å². The summed E-state index contributed by atoms with van der Waals surface area (Å²) in [6, 6.07) is 2.84. The van der Waals surface area contributed by atoms with E-state index in [4.69, 9.17) is 10.00 Å². The third-order valence-electron chi connectivity index (χ3n) is 1.69. The number of alkyl halides is 2. The van der Waals surface area contributed by atoms with Gasteiger partial charge in [-0.05, 0) is 13.0 Å². The van der Waals surface area contributed by atoms with Gasteiger partial charge in [-0.3, -0.25) is 0 Å². The van der Waals surface area contributed by atoms with Crippen LogP contribution in [0, 0.1) is 18.3 Å². The molecule has 0 aromatic carbocycles. The highest BCUT2D eigenvalue weighted by Gasteiger charge is 2.18. The highest BCUT2D eigenvalue weighted by molar-refractivity contribution is 5.46. The van der Waals surface area contributed by atoms with Crippen LogP contribution in [0.3, 0.4) is 0 Å². The molecule has 0 N–H and O–H groups in total. The Bertz CT molecular complexity index is 385. The van der Waals surface area contributed by atoms with E-state index in [2.05, 4.69) is 4.98 Å². The molecule has 14 heavy (non-hydrogen) atoms. The second kappa shape index (κ2) is 4.01. The summed E-state index contributed by atoms with van der Waals surface area (Å²) in [5.41, 5.74) is -0.138. The van der Waals surface area contributed by atoms with Gasteiger partial charge in [0.05, 0.1) is 7.11 Å². The summed E-state index contributed by atoms with van der Waals surface area (Å²) >= 11 is 0.